The first kappa shape index (κ1) is 29.0. The maximum absolute atomic E-state index is 15.2. The van der Waals surface area contributed by atoms with Gasteiger partial charge in [-0.1, -0.05) is 26.8 Å². The van der Waals surface area contributed by atoms with Crippen LogP contribution in [0.2, 0.25) is 18.1 Å². The van der Waals surface area contributed by atoms with E-state index < -0.39 is 14.1 Å². The van der Waals surface area contributed by atoms with E-state index >= 15 is 4.39 Å². The van der Waals surface area contributed by atoms with Crippen LogP contribution >= 0.6 is 0 Å². The molecule has 0 aliphatic carbocycles. The van der Waals surface area contributed by atoms with E-state index in [1.165, 1.54) is 6.07 Å². The van der Waals surface area contributed by atoms with E-state index in [2.05, 4.69) is 59.7 Å². The number of carbonyl (C=O) groups excluding carboxylic acids is 1. The van der Waals surface area contributed by atoms with Crippen molar-refractivity contribution < 1.29 is 18.7 Å². The van der Waals surface area contributed by atoms with Gasteiger partial charge in [0.05, 0.1) is 28.9 Å². The van der Waals surface area contributed by atoms with E-state index in [0.717, 1.165) is 36.2 Å². The van der Waals surface area contributed by atoms with Crippen molar-refractivity contribution in [3.63, 3.8) is 0 Å². The third-order valence-electron chi connectivity index (χ3n) is 8.36. The number of nitrogens with one attached hydrogen (secondary N) is 3. The highest BCUT2D eigenvalue weighted by Crippen LogP contribution is 2.40. The molecule has 41 heavy (non-hydrogen) atoms. The zero-order valence-electron chi connectivity index (χ0n) is 24.7. The molecule has 0 radical (unpaired) electrons. The SMILES string of the molecule is Cc1cc(F)c(Nc2ccnc3c2C(=O)Nc2cc(CN4CCC[C@@H](O)C4)ccc2N3)cc1O[Si](C)(C)C(C)(C)C. The van der Waals surface area contributed by atoms with Crippen LogP contribution in [0.5, 0.6) is 5.75 Å². The highest BCUT2D eigenvalue weighted by molar-refractivity contribution is 6.74. The van der Waals surface area contributed by atoms with Gasteiger partial charge in [-0.15, -0.1) is 0 Å². The lowest BCUT2D eigenvalue weighted by Gasteiger charge is -2.37. The van der Waals surface area contributed by atoms with Gasteiger partial charge in [-0.25, -0.2) is 9.37 Å². The molecular formula is C31H40FN5O3Si. The number of aromatic nitrogens is 1. The van der Waals surface area contributed by atoms with Crippen LogP contribution in [0.25, 0.3) is 0 Å². The van der Waals surface area contributed by atoms with Gasteiger partial charge in [0.2, 0.25) is 8.32 Å². The molecule has 0 spiro atoms. The maximum atomic E-state index is 15.2. The summed E-state index contributed by atoms with van der Waals surface area (Å²) in [5.74, 6) is 0.221. The zero-order chi connectivity index (χ0) is 29.5. The second-order valence-corrected chi connectivity index (χ2v) is 17.4. The fraction of sp³-hybridized carbons (Fsp3) is 0.419. The van der Waals surface area contributed by atoms with Crippen LogP contribution in [0.15, 0.2) is 42.6 Å². The van der Waals surface area contributed by atoms with Crippen LogP contribution in [-0.2, 0) is 6.54 Å². The summed E-state index contributed by atoms with van der Waals surface area (Å²) in [6, 6.07) is 10.7. The summed E-state index contributed by atoms with van der Waals surface area (Å²) in [7, 11) is -2.16. The minimum Gasteiger partial charge on any atom is -0.543 e. The number of rotatable bonds is 6. The smallest absolute Gasteiger partial charge is 0.261 e. The van der Waals surface area contributed by atoms with Crippen LogP contribution in [0.4, 0.5) is 33.0 Å². The van der Waals surface area contributed by atoms with Gasteiger partial charge in [0.25, 0.3) is 5.91 Å². The molecule has 1 saturated heterocycles. The number of anilines is 5. The molecule has 2 aliphatic rings. The summed E-state index contributed by atoms with van der Waals surface area (Å²) in [6.45, 7) is 14.9. The van der Waals surface area contributed by atoms with Crippen molar-refractivity contribution in [3.8, 4) is 5.75 Å². The van der Waals surface area contributed by atoms with Crippen molar-refractivity contribution in [2.45, 2.75) is 71.3 Å². The molecule has 10 heteroatoms. The fourth-order valence-corrected chi connectivity index (χ4v) is 6.05. The van der Waals surface area contributed by atoms with Gasteiger partial charge >= 0.3 is 0 Å². The summed E-state index contributed by atoms with van der Waals surface area (Å²) in [5.41, 5.74) is 4.05. The summed E-state index contributed by atoms with van der Waals surface area (Å²) in [6.07, 6.45) is 3.08. The highest BCUT2D eigenvalue weighted by Gasteiger charge is 2.39. The van der Waals surface area contributed by atoms with Crippen molar-refractivity contribution in [1.29, 1.82) is 0 Å². The first-order valence-corrected chi connectivity index (χ1v) is 17.1. The van der Waals surface area contributed by atoms with E-state index in [4.69, 9.17) is 4.43 Å². The number of benzene rings is 2. The second kappa shape index (κ2) is 11.1. The van der Waals surface area contributed by atoms with Crippen molar-refractivity contribution in [2.24, 2.45) is 0 Å². The van der Waals surface area contributed by atoms with Crippen LogP contribution in [0, 0.1) is 12.7 Å². The third-order valence-corrected chi connectivity index (χ3v) is 12.7. The molecule has 218 valence electrons. The molecule has 1 fully saturated rings. The number of halogens is 1. The average molecular weight is 578 g/mol. The first-order chi connectivity index (χ1) is 19.3. The van der Waals surface area contributed by atoms with E-state index in [-0.39, 0.29) is 28.3 Å². The average Bonchev–Trinajstić information content (AvgIpc) is 3.02. The molecule has 0 saturated carbocycles. The van der Waals surface area contributed by atoms with E-state index in [1.807, 2.05) is 25.1 Å². The molecule has 0 unspecified atom stereocenters. The topological polar surface area (TPSA) is 98.8 Å². The lowest BCUT2D eigenvalue weighted by atomic mass is 10.1. The van der Waals surface area contributed by atoms with Crippen molar-refractivity contribution in [3.05, 3.63) is 65.1 Å². The maximum Gasteiger partial charge on any atom is 0.261 e. The normalized spacial score (nSPS) is 17.6. The largest absolute Gasteiger partial charge is 0.543 e. The van der Waals surface area contributed by atoms with Gasteiger partial charge in [0.1, 0.15) is 22.9 Å². The van der Waals surface area contributed by atoms with Crippen molar-refractivity contribution >= 4 is 42.8 Å². The number of likely N-dealkylation sites (tertiary alicyclic amines) is 1. The molecule has 1 amide bonds. The molecule has 4 N–H and O–H groups in total. The van der Waals surface area contributed by atoms with Crippen LogP contribution in [0.1, 0.15) is 55.1 Å². The fourth-order valence-electron chi connectivity index (χ4n) is 4.97. The molecule has 1 atom stereocenters. The molecule has 2 aromatic carbocycles. The Hall–Kier alpha value is -3.47. The Labute approximate surface area is 242 Å². The van der Waals surface area contributed by atoms with Gasteiger partial charge in [0, 0.05) is 25.4 Å². The Morgan fingerprint density at radius 3 is 2.66 bits per heavy atom. The van der Waals surface area contributed by atoms with Gasteiger partial charge in [-0.3, -0.25) is 9.69 Å². The number of amides is 1. The lowest BCUT2D eigenvalue weighted by Crippen LogP contribution is -2.44. The number of aryl methyl sites for hydroxylation is 1. The Morgan fingerprint density at radius 1 is 1.15 bits per heavy atom. The van der Waals surface area contributed by atoms with Crippen LogP contribution in [-0.4, -0.2) is 48.4 Å². The minimum absolute atomic E-state index is 0.0164. The monoisotopic (exact) mass is 577 g/mol. The predicted molar refractivity (Wildman–Crippen MR) is 165 cm³/mol. The first-order valence-electron chi connectivity index (χ1n) is 14.2. The quantitative estimate of drug-likeness (QED) is 0.236. The number of β-amino-alcohol motifs (C(OH)–C–C–N with tert-alkyl or cyclic N) is 1. The van der Waals surface area contributed by atoms with E-state index in [9.17, 15) is 9.90 Å². The van der Waals surface area contributed by atoms with E-state index in [0.29, 0.717) is 36.0 Å². The van der Waals surface area contributed by atoms with Gasteiger partial charge in [-0.05, 0) is 79.8 Å². The number of fused-ring (bicyclic) bond motifs is 2. The molecule has 3 heterocycles. The lowest BCUT2D eigenvalue weighted by molar-refractivity contribution is 0.0668. The Morgan fingerprint density at radius 2 is 1.93 bits per heavy atom. The summed E-state index contributed by atoms with van der Waals surface area (Å²) in [4.78, 5) is 20.2. The van der Waals surface area contributed by atoms with Crippen LogP contribution in [0.3, 0.4) is 0 Å². The van der Waals surface area contributed by atoms with E-state index in [1.54, 1.807) is 18.3 Å². The second-order valence-electron chi connectivity index (χ2n) is 12.7. The number of piperidine rings is 1. The van der Waals surface area contributed by atoms with Crippen LogP contribution < -0.4 is 20.4 Å². The number of pyridine rings is 1. The van der Waals surface area contributed by atoms with Gasteiger partial charge in [0.15, 0.2) is 0 Å². The molecule has 2 aliphatic heterocycles. The number of hydrogen-bond donors (Lipinski definition) is 4. The minimum atomic E-state index is -2.16. The van der Waals surface area contributed by atoms with Crippen molar-refractivity contribution in [2.75, 3.05) is 29.0 Å². The van der Waals surface area contributed by atoms with Crippen molar-refractivity contribution in [1.82, 2.24) is 9.88 Å². The Bertz CT molecular complexity index is 1470. The summed E-state index contributed by atoms with van der Waals surface area (Å²) < 4.78 is 21.7. The number of aliphatic hydroxyl groups is 1. The molecule has 5 rings (SSSR count). The summed E-state index contributed by atoms with van der Waals surface area (Å²) >= 11 is 0. The molecule has 3 aromatic rings. The number of aliphatic hydroxyl groups excluding tert-OH is 1. The highest BCUT2D eigenvalue weighted by atomic mass is 28.4. The summed E-state index contributed by atoms with van der Waals surface area (Å²) in [5, 5.41) is 19.4. The molecule has 1 aromatic heterocycles. The van der Waals surface area contributed by atoms with Gasteiger partial charge < -0.3 is 25.5 Å². The predicted octanol–water partition coefficient (Wildman–Crippen LogP) is 6.92. The molecule has 0 bridgehead atoms. The number of carbonyl (C=O) groups is 1. The number of hydrogen-bond acceptors (Lipinski definition) is 7. The number of nitrogens with zero attached hydrogens (tertiary/aromatic N) is 2. The molecule has 8 nitrogen and oxygen atoms in total. The third kappa shape index (κ3) is 6.24. The van der Waals surface area contributed by atoms with Gasteiger partial charge in [-0.2, -0.15) is 0 Å². The Kier molecular flexibility index (Phi) is 7.84. The standard InChI is InChI=1S/C31H40FN5O3Si/c1-19-14-22(32)25(16-27(19)40-41(5,6)31(2,3)4)34-24-11-12-33-29-28(24)30(39)36-26-15-20(9-10-23(26)35-29)17-37-13-7-8-21(38)18-37/h9-12,14-16,21,38H,7-8,13,17-18H2,1-6H3,(H,36,39)(H2,33,34,35)/t21-/m1/s1. The zero-order valence-corrected chi connectivity index (χ0v) is 25.7. The molecular weight excluding hydrogens is 537 g/mol. The Balaban J connectivity index is 1.41.